The van der Waals surface area contributed by atoms with Gasteiger partial charge in [0.25, 0.3) is 0 Å². The van der Waals surface area contributed by atoms with Crippen molar-refractivity contribution in [2.75, 3.05) is 13.2 Å². The average Bonchev–Trinajstić information content (AvgIpc) is 3.73. The monoisotopic (exact) mass is 598 g/mol. The molecule has 0 unspecified atom stereocenters. The van der Waals surface area contributed by atoms with E-state index >= 15 is 0 Å². The Morgan fingerprint density at radius 1 is 0.511 bits per heavy atom. The van der Waals surface area contributed by atoms with Crippen molar-refractivity contribution in [3.63, 3.8) is 0 Å². The summed E-state index contributed by atoms with van der Waals surface area (Å²) in [5.41, 5.74) is 6.79. The molecule has 45 heavy (non-hydrogen) atoms. The smallest absolute Gasteiger partial charge is 0.200 e. The summed E-state index contributed by atoms with van der Waals surface area (Å²) < 4.78 is 13.3. The first-order chi connectivity index (χ1) is 21.5. The second-order valence-electron chi connectivity index (χ2n) is 14.7. The lowest BCUT2D eigenvalue weighted by Gasteiger charge is -2.33. The number of nitrogens with zero attached hydrogens (tertiary/aromatic N) is 2. The molecule has 2 aliphatic heterocycles. The topological polar surface area (TPSA) is 43.2 Å². The highest BCUT2D eigenvalue weighted by atomic mass is 16.5. The van der Waals surface area contributed by atoms with Crippen LogP contribution in [0.2, 0.25) is 0 Å². The maximum Gasteiger partial charge on any atom is 0.200 e. The molecule has 0 radical (unpaired) electrons. The Bertz CT molecular complexity index is 1510. The largest absolute Gasteiger partial charge is 0.478 e. The molecule has 2 atom stereocenters. The first-order valence-electron chi connectivity index (χ1n) is 16.2. The number of hydrogen-bond donors (Lipinski definition) is 0. The molecule has 0 spiro atoms. The van der Waals surface area contributed by atoms with Crippen molar-refractivity contribution in [1.82, 2.24) is 0 Å². The Balaban J connectivity index is 1.48. The van der Waals surface area contributed by atoms with Crippen molar-refractivity contribution >= 4 is 11.8 Å². The van der Waals surface area contributed by atoms with Crippen molar-refractivity contribution in [2.45, 2.75) is 77.3 Å². The zero-order valence-electron chi connectivity index (χ0n) is 27.6. The molecule has 0 saturated heterocycles. The Hall–Kier alpha value is -4.18. The molecule has 0 aromatic heterocycles. The summed E-state index contributed by atoms with van der Waals surface area (Å²) in [6.45, 7) is 14.5. The highest BCUT2D eigenvalue weighted by Gasteiger charge is 2.49. The minimum atomic E-state index is -0.709. The molecule has 0 bridgehead atoms. The second-order valence-corrected chi connectivity index (χ2v) is 14.7. The summed E-state index contributed by atoms with van der Waals surface area (Å²) >= 11 is 0. The van der Waals surface area contributed by atoms with Gasteiger partial charge >= 0.3 is 0 Å². The number of rotatable bonds is 8. The van der Waals surface area contributed by atoms with Gasteiger partial charge in [-0.3, -0.25) is 0 Å². The zero-order valence-corrected chi connectivity index (χ0v) is 27.6. The summed E-state index contributed by atoms with van der Waals surface area (Å²) in [5, 5.41) is 0. The number of hydrogen-bond acceptors (Lipinski definition) is 4. The van der Waals surface area contributed by atoms with E-state index in [0.717, 1.165) is 11.1 Å². The van der Waals surface area contributed by atoms with Crippen molar-refractivity contribution in [1.29, 1.82) is 0 Å². The van der Waals surface area contributed by atoms with E-state index < -0.39 is 5.41 Å². The van der Waals surface area contributed by atoms with Crippen molar-refractivity contribution in [2.24, 2.45) is 15.4 Å². The van der Waals surface area contributed by atoms with Crippen LogP contribution in [0.1, 0.15) is 87.0 Å². The fourth-order valence-corrected chi connectivity index (χ4v) is 6.36. The summed E-state index contributed by atoms with van der Waals surface area (Å²) in [4.78, 5) is 10.6. The van der Waals surface area contributed by atoms with Crippen LogP contribution in [0.4, 0.5) is 0 Å². The van der Waals surface area contributed by atoms with Crippen molar-refractivity contribution in [3.8, 4) is 0 Å². The zero-order chi connectivity index (χ0) is 31.7. The molecule has 4 aromatic rings. The lowest BCUT2D eigenvalue weighted by molar-refractivity contribution is 0.249. The third-order valence-corrected chi connectivity index (χ3v) is 9.14. The van der Waals surface area contributed by atoms with Gasteiger partial charge in [0, 0.05) is 0 Å². The van der Waals surface area contributed by atoms with E-state index in [-0.39, 0.29) is 22.9 Å². The molecule has 0 N–H and O–H groups in total. The van der Waals surface area contributed by atoms with Crippen LogP contribution in [0.15, 0.2) is 119 Å². The Kier molecular flexibility index (Phi) is 8.43. The SMILES string of the molecule is CC(C)(C)c1ccc(CC(Cc2ccc(C(C)(C)C)cc2)(C2=N[C@H](c3ccccc3)CO2)C2=N[C@H](c3ccccc3)CO2)cc1. The van der Waals surface area contributed by atoms with Gasteiger partial charge in [0.15, 0.2) is 0 Å². The molecule has 2 heterocycles. The molecule has 2 aliphatic rings. The maximum absolute atomic E-state index is 6.63. The summed E-state index contributed by atoms with van der Waals surface area (Å²) in [7, 11) is 0. The predicted molar refractivity (Wildman–Crippen MR) is 185 cm³/mol. The van der Waals surface area contributed by atoms with Gasteiger partial charge in [0.2, 0.25) is 11.8 Å². The fraction of sp³-hybridized carbons (Fsp3) is 0.366. The van der Waals surface area contributed by atoms with Crippen LogP contribution >= 0.6 is 0 Å². The minimum Gasteiger partial charge on any atom is -0.478 e. The molecular formula is C41H46N2O2. The molecule has 4 aromatic carbocycles. The molecule has 4 nitrogen and oxygen atoms in total. The molecule has 0 saturated carbocycles. The minimum absolute atomic E-state index is 0.0703. The summed E-state index contributed by atoms with van der Waals surface area (Å²) in [6.07, 6.45) is 1.33. The van der Waals surface area contributed by atoms with E-state index in [9.17, 15) is 0 Å². The Labute approximate surface area is 269 Å². The lowest BCUT2D eigenvalue weighted by atomic mass is 9.74. The van der Waals surface area contributed by atoms with E-state index in [0.29, 0.717) is 37.9 Å². The average molecular weight is 599 g/mol. The van der Waals surface area contributed by atoms with Crippen LogP contribution in [-0.4, -0.2) is 25.0 Å². The maximum atomic E-state index is 6.63. The van der Waals surface area contributed by atoms with E-state index in [1.165, 1.54) is 22.3 Å². The van der Waals surface area contributed by atoms with Crippen LogP contribution in [0.25, 0.3) is 0 Å². The second kappa shape index (κ2) is 12.3. The van der Waals surface area contributed by atoms with Gasteiger partial charge in [-0.1, -0.05) is 151 Å². The quantitative estimate of drug-likeness (QED) is 0.203. The van der Waals surface area contributed by atoms with Crippen LogP contribution in [0.3, 0.4) is 0 Å². The van der Waals surface area contributed by atoms with Gasteiger partial charge < -0.3 is 9.47 Å². The van der Waals surface area contributed by atoms with Crippen LogP contribution in [0.5, 0.6) is 0 Å². The first kappa shape index (κ1) is 30.8. The van der Waals surface area contributed by atoms with Gasteiger partial charge in [0.1, 0.15) is 30.7 Å². The Morgan fingerprint density at radius 2 is 0.867 bits per heavy atom. The summed E-state index contributed by atoms with van der Waals surface area (Å²) in [5.74, 6) is 1.42. The van der Waals surface area contributed by atoms with E-state index in [4.69, 9.17) is 19.5 Å². The van der Waals surface area contributed by atoms with Crippen LogP contribution in [-0.2, 0) is 33.1 Å². The molecule has 6 rings (SSSR count). The van der Waals surface area contributed by atoms with Gasteiger partial charge in [-0.2, -0.15) is 0 Å². The molecule has 0 aliphatic carbocycles. The van der Waals surface area contributed by atoms with Crippen molar-refractivity contribution in [3.05, 3.63) is 143 Å². The Morgan fingerprint density at radius 3 is 1.20 bits per heavy atom. The predicted octanol–water partition coefficient (Wildman–Crippen LogP) is 9.39. The normalized spacial score (nSPS) is 18.6. The fourth-order valence-electron chi connectivity index (χ4n) is 6.36. The lowest BCUT2D eigenvalue weighted by Crippen LogP contribution is -2.44. The van der Waals surface area contributed by atoms with Gasteiger partial charge in [-0.05, 0) is 57.1 Å². The highest BCUT2D eigenvalue weighted by Crippen LogP contribution is 2.41. The van der Waals surface area contributed by atoms with Gasteiger partial charge in [0.05, 0.1) is 0 Å². The van der Waals surface area contributed by atoms with Crippen molar-refractivity contribution < 1.29 is 9.47 Å². The summed E-state index contributed by atoms with van der Waals surface area (Å²) in [6, 6.07) is 38.8. The number of benzene rings is 4. The van der Waals surface area contributed by atoms with Gasteiger partial charge in [-0.25, -0.2) is 9.98 Å². The molecule has 4 heteroatoms. The molecule has 0 amide bonds. The van der Waals surface area contributed by atoms with Gasteiger partial charge in [-0.15, -0.1) is 0 Å². The van der Waals surface area contributed by atoms with E-state index in [2.05, 4.69) is 139 Å². The molecular weight excluding hydrogens is 552 g/mol. The third-order valence-electron chi connectivity index (χ3n) is 9.14. The number of ether oxygens (including phenoxy) is 2. The highest BCUT2D eigenvalue weighted by molar-refractivity contribution is 6.07. The molecule has 0 fully saturated rings. The molecule has 232 valence electrons. The van der Waals surface area contributed by atoms with Crippen LogP contribution < -0.4 is 0 Å². The van der Waals surface area contributed by atoms with Crippen LogP contribution in [0, 0.1) is 5.41 Å². The first-order valence-corrected chi connectivity index (χ1v) is 16.2. The standard InChI is InChI=1S/C41H46N2O2/c1-39(2,3)33-21-17-29(18-22-33)25-41(26-30-19-23-34(24-20-30)40(4,5)6,37-42-35(27-44-37)31-13-9-7-10-14-31)38-43-36(28-45-38)32-15-11-8-12-16-32/h7-24,35-36H,25-28H2,1-6H3/t35-,36-/m0/s1. The van der Waals surface area contributed by atoms with E-state index in [1.807, 2.05) is 12.1 Å². The third kappa shape index (κ3) is 6.76. The number of aliphatic imine (C=N–C) groups is 2. The van der Waals surface area contributed by atoms with E-state index in [1.54, 1.807) is 0 Å².